The number of hydrogen-bond acceptors (Lipinski definition) is 5. The Morgan fingerprint density at radius 3 is 2.47 bits per heavy atom. The molecule has 6 heteroatoms. The zero-order valence-electron chi connectivity index (χ0n) is 10.6. The SMILES string of the molecule is CCOC(=O)CCCN(Cl)[C@@H](CC)C(=O)OC. The number of methoxy groups -OCH3 is 1. The second-order valence-corrected chi connectivity index (χ2v) is 3.91. The van der Waals surface area contributed by atoms with Gasteiger partial charge in [0.2, 0.25) is 0 Å². The van der Waals surface area contributed by atoms with Gasteiger partial charge >= 0.3 is 11.9 Å². The summed E-state index contributed by atoms with van der Waals surface area (Å²) in [5.41, 5.74) is 0. The van der Waals surface area contributed by atoms with E-state index in [1.807, 2.05) is 6.92 Å². The van der Waals surface area contributed by atoms with Crippen LogP contribution in [0.3, 0.4) is 0 Å². The molecule has 5 nitrogen and oxygen atoms in total. The minimum Gasteiger partial charge on any atom is -0.468 e. The maximum Gasteiger partial charge on any atom is 0.324 e. The molecular weight excluding hydrogens is 246 g/mol. The van der Waals surface area contributed by atoms with Gasteiger partial charge in [-0.25, -0.2) is 4.42 Å². The number of nitrogens with zero attached hydrogens (tertiary/aromatic N) is 1. The molecule has 0 aromatic heterocycles. The van der Waals surface area contributed by atoms with Crippen LogP contribution in [0.1, 0.15) is 33.1 Å². The molecule has 0 unspecified atom stereocenters. The molecule has 0 aromatic carbocycles. The number of esters is 2. The van der Waals surface area contributed by atoms with Crippen molar-refractivity contribution in [3.63, 3.8) is 0 Å². The second-order valence-electron chi connectivity index (χ2n) is 3.48. The van der Waals surface area contributed by atoms with E-state index in [1.54, 1.807) is 6.92 Å². The quantitative estimate of drug-likeness (QED) is 0.494. The minimum absolute atomic E-state index is 0.247. The average molecular weight is 266 g/mol. The van der Waals surface area contributed by atoms with Crippen LogP contribution in [0.25, 0.3) is 0 Å². The summed E-state index contributed by atoms with van der Waals surface area (Å²) in [4.78, 5) is 22.4. The highest BCUT2D eigenvalue weighted by atomic mass is 35.5. The summed E-state index contributed by atoms with van der Waals surface area (Å²) in [7, 11) is 1.33. The number of rotatable bonds is 8. The molecule has 0 spiro atoms. The summed E-state index contributed by atoms with van der Waals surface area (Å²) < 4.78 is 10.8. The van der Waals surface area contributed by atoms with Crippen LogP contribution in [0.4, 0.5) is 0 Å². The van der Waals surface area contributed by atoms with E-state index in [1.165, 1.54) is 11.5 Å². The Labute approximate surface area is 107 Å². The van der Waals surface area contributed by atoms with Crippen molar-refractivity contribution < 1.29 is 19.1 Å². The van der Waals surface area contributed by atoms with Gasteiger partial charge in [0.15, 0.2) is 0 Å². The highest BCUT2D eigenvalue weighted by Crippen LogP contribution is 2.11. The fourth-order valence-corrected chi connectivity index (χ4v) is 1.72. The maximum absolute atomic E-state index is 11.3. The molecular formula is C11H20ClNO4. The van der Waals surface area contributed by atoms with Crippen LogP contribution in [-0.4, -0.2) is 42.7 Å². The van der Waals surface area contributed by atoms with Crippen LogP contribution in [0.5, 0.6) is 0 Å². The first-order valence-corrected chi connectivity index (χ1v) is 6.06. The number of halogens is 1. The molecule has 0 aliphatic carbocycles. The summed E-state index contributed by atoms with van der Waals surface area (Å²) in [6, 6.07) is -0.469. The number of ether oxygens (including phenoxy) is 2. The Morgan fingerprint density at radius 1 is 1.35 bits per heavy atom. The zero-order valence-corrected chi connectivity index (χ0v) is 11.3. The van der Waals surface area contributed by atoms with Crippen molar-refractivity contribution in [2.45, 2.75) is 39.2 Å². The van der Waals surface area contributed by atoms with Crippen molar-refractivity contribution in [2.24, 2.45) is 0 Å². The Bertz CT molecular complexity index is 248. The first-order chi connectivity index (χ1) is 8.06. The standard InChI is InChI=1S/C11H20ClNO4/c1-4-9(11(15)16-3)13(12)8-6-7-10(14)17-5-2/h9H,4-8H2,1-3H3/t9-/m0/s1. The van der Waals surface area contributed by atoms with Crippen LogP contribution < -0.4 is 0 Å². The molecule has 0 aliphatic heterocycles. The maximum atomic E-state index is 11.3. The third-order valence-corrected chi connectivity index (χ3v) is 2.66. The van der Waals surface area contributed by atoms with E-state index in [0.29, 0.717) is 32.4 Å². The number of carbonyl (C=O) groups excluding carboxylic acids is 2. The molecule has 0 aliphatic rings. The fraction of sp³-hybridized carbons (Fsp3) is 0.818. The first kappa shape index (κ1) is 16.2. The molecule has 1 atom stereocenters. The summed E-state index contributed by atoms with van der Waals surface area (Å²) in [6.07, 6.45) is 1.42. The van der Waals surface area contributed by atoms with Crippen LogP contribution in [-0.2, 0) is 19.1 Å². The highest BCUT2D eigenvalue weighted by molar-refractivity contribution is 6.14. The molecule has 0 fully saturated rings. The van der Waals surface area contributed by atoms with Crippen LogP contribution in [0.2, 0.25) is 0 Å². The molecule has 0 bridgehead atoms. The molecule has 0 heterocycles. The van der Waals surface area contributed by atoms with E-state index < -0.39 is 6.04 Å². The predicted octanol–water partition coefficient (Wildman–Crippen LogP) is 1.74. The Kier molecular flexibility index (Phi) is 8.80. The van der Waals surface area contributed by atoms with Gasteiger partial charge in [-0.1, -0.05) is 6.92 Å². The van der Waals surface area contributed by atoms with E-state index in [9.17, 15) is 9.59 Å². The van der Waals surface area contributed by atoms with Crippen molar-refractivity contribution in [3.05, 3.63) is 0 Å². The van der Waals surface area contributed by atoms with Crippen LogP contribution in [0.15, 0.2) is 0 Å². The summed E-state index contributed by atoms with van der Waals surface area (Å²) >= 11 is 5.96. The van der Waals surface area contributed by atoms with Crippen molar-refractivity contribution in [3.8, 4) is 0 Å². The largest absolute Gasteiger partial charge is 0.468 e. The summed E-state index contributed by atoms with van der Waals surface area (Å²) in [5, 5.41) is 0. The van der Waals surface area contributed by atoms with Crippen molar-refractivity contribution in [2.75, 3.05) is 20.3 Å². The normalized spacial score (nSPS) is 12.3. The monoisotopic (exact) mass is 265 g/mol. The van der Waals surface area contributed by atoms with Gasteiger partial charge < -0.3 is 9.47 Å². The lowest BCUT2D eigenvalue weighted by molar-refractivity contribution is -0.145. The Morgan fingerprint density at radius 2 is 2.00 bits per heavy atom. The van der Waals surface area contributed by atoms with E-state index in [-0.39, 0.29) is 11.9 Å². The number of carbonyl (C=O) groups is 2. The molecule has 0 radical (unpaired) electrons. The van der Waals surface area contributed by atoms with Crippen LogP contribution >= 0.6 is 11.8 Å². The van der Waals surface area contributed by atoms with Gasteiger partial charge in [-0.3, -0.25) is 9.59 Å². The highest BCUT2D eigenvalue weighted by Gasteiger charge is 2.23. The fourth-order valence-electron chi connectivity index (χ4n) is 1.38. The minimum atomic E-state index is -0.469. The first-order valence-electron chi connectivity index (χ1n) is 5.72. The summed E-state index contributed by atoms with van der Waals surface area (Å²) in [5.74, 6) is -0.609. The lowest BCUT2D eigenvalue weighted by atomic mass is 10.2. The van der Waals surface area contributed by atoms with Gasteiger partial charge in [-0.05, 0) is 31.5 Å². The number of hydrogen-bond donors (Lipinski definition) is 0. The van der Waals surface area contributed by atoms with E-state index in [0.717, 1.165) is 0 Å². The van der Waals surface area contributed by atoms with Crippen LogP contribution in [0, 0.1) is 0 Å². The summed E-state index contributed by atoms with van der Waals surface area (Å²) in [6.45, 7) is 4.43. The third-order valence-electron chi connectivity index (χ3n) is 2.26. The van der Waals surface area contributed by atoms with E-state index in [2.05, 4.69) is 4.74 Å². The molecule has 0 saturated carbocycles. The molecule has 100 valence electrons. The molecule has 17 heavy (non-hydrogen) atoms. The second kappa shape index (κ2) is 9.24. The molecule has 0 aromatic rings. The smallest absolute Gasteiger partial charge is 0.324 e. The van der Waals surface area contributed by atoms with Gasteiger partial charge in [0, 0.05) is 13.0 Å². The Hall–Kier alpha value is -0.810. The Balaban J connectivity index is 3.94. The van der Waals surface area contributed by atoms with E-state index >= 15 is 0 Å². The molecule has 0 N–H and O–H groups in total. The van der Waals surface area contributed by atoms with Crippen molar-refractivity contribution >= 4 is 23.7 Å². The van der Waals surface area contributed by atoms with Gasteiger partial charge in [-0.2, -0.15) is 0 Å². The average Bonchev–Trinajstić information content (AvgIpc) is 2.30. The molecule has 0 rings (SSSR count). The van der Waals surface area contributed by atoms with Gasteiger partial charge in [0.1, 0.15) is 6.04 Å². The van der Waals surface area contributed by atoms with Gasteiger partial charge in [-0.15, -0.1) is 0 Å². The van der Waals surface area contributed by atoms with Gasteiger partial charge in [0.25, 0.3) is 0 Å². The molecule has 0 amide bonds. The third kappa shape index (κ3) is 6.48. The van der Waals surface area contributed by atoms with Gasteiger partial charge in [0.05, 0.1) is 13.7 Å². The zero-order chi connectivity index (χ0) is 13.3. The lowest BCUT2D eigenvalue weighted by Gasteiger charge is -2.21. The van der Waals surface area contributed by atoms with Crippen molar-refractivity contribution in [1.29, 1.82) is 0 Å². The van der Waals surface area contributed by atoms with E-state index in [4.69, 9.17) is 16.5 Å². The predicted molar refractivity (Wildman–Crippen MR) is 64.5 cm³/mol. The van der Waals surface area contributed by atoms with Crippen molar-refractivity contribution in [1.82, 2.24) is 4.42 Å². The topological polar surface area (TPSA) is 55.8 Å². The lowest BCUT2D eigenvalue weighted by Crippen LogP contribution is -2.36. The molecule has 0 saturated heterocycles.